The van der Waals surface area contributed by atoms with Crippen molar-refractivity contribution in [2.45, 2.75) is 13.1 Å². The van der Waals surface area contributed by atoms with Crippen molar-refractivity contribution in [3.05, 3.63) is 65.0 Å². The first-order valence-electron chi connectivity index (χ1n) is 8.40. The fourth-order valence-electron chi connectivity index (χ4n) is 2.64. The van der Waals surface area contributed by atoms with E-state index in [0.29, 0.717) is 30.4 Å². The van der Waals surface area contributed by atoms with Crippen molar-refractivity contribution in [2.24, 2.45) is 4.99 Å². The third-order valence-corrected chi connectivity index (χ3v) is 4.03. The highest BCUT2D eigenvalue weighted by molar-refractivity contribution is 5.92. The zero-order valence-corrected chi connectivity index (χ0v) is 16.0. The van der Waals surface area contributed by atoms with Gasteiger partial charge in [-0.05, 0) is 35.4 Å². The maximum absolute atomic E-state index is 13.0. The molecule has 0 atom stereocenters. The Bertz CT molecular complexity index is 807. The minimum absolute atomic E-state index is 0.259. The molecule has 7 heteroatoms. The van der Waals surface area contributed by atoms with Crippen LogP contribution in [0.3, 0.4) is 0 Å². The summed E-state index contributed by atoms with van der Waals surface area (Å²) >= 11 is 0. The standard InChI is InChI=1S/C20H24FN3O3/c1-22-20(24(2)13-14-5-8-16(21)9-6-14)23-12-15-7-10-18(26-3)17(11-15)19(25)27-4/h5-11H,12-13H2,1-4H3,(H,22,23). The number of benzene rings is 2. The first kappa shape index (κ1) is 20.2. The number of nitrogens with one attached hydrogen (secondary N) is 1. The van der Waals surface area contributed by atoms with Gasteiger partial charge in [0, 0.05) is 27.2 Å². The summed E-state index contributed by atoms with van der Waals surface area (Å²) < 4.78 is 23.0. The van der Waals surface area contributed by atoms with Crippen molar-refractivity contribution in [3.8, 4) is 5.75 Å². The predicted molar refractivity (Wildman–Crippen MR) is 102 cm³/mol. The molecule has 0 amide bonds. The van der Waals surface area contributed by atoms with Crippen molar-refractivity contribution >= 4 is 11.9 Å². The Balaban J connectivity index is 2.04. The van der Waals surface area contributed by atoms with Gasteiger partial charge in [0.05, 0.1) is 14.2 Å². The molecule has 0 saturated heterocycles. The van der Waals surface area contributed by atoms with E-state index in [9.17, 15) is 9.18 Å². The number of nitrogens with zero attached hydrogens (tertiary/aromatic N) is 2. The molecule has 2 rings (SSSR count). The van der Waals surface area contributed by atoms with E-state index in [-0.39, 0.29) is 5.82 Å². The number of carbonyl (C=O) groups excluding carboxylic acids is 1. The molecular formula is C20H24FN3O3. The van der Waals surface area contributed by atoms with Crippen LogP contribution in [0.5, 0.6) is 5.75 Å². The van der Waals surface area contributed by atoms with Crippen LogP contribution in [-0.2, 0) is 17.8 Å². The van der Waals surface area contributed by atoms with Crippen molar-refractivity contribution in [3.63, 3.8) is 0 Å². The zero-order chi connectivity index (χ0) is 19.8. The molecule has 1 N–H and O–H groups in total. The molecule has 0 radical (unpaired) electrons. The zero-order valence-electron chi connectivity index (χ0n) is 16.0. The molecular weight excluding hydrogens is 349 g/mol. The quantitative estimate of drug-likeness (QED) is 0.479. The van der Waals surface area contributed by atoms with Crippen molar-refractivity contribution in [2.75, 3.05) is 28.3 Å². The van der Waals surface area contributed by atoms with Crippen LogP contribution in [0.4, 0.5) is 4.39 Å². The van der Waals surface area contributed by atoms with Gasteiger partial charge in [0.25, 0.3) is 0 Å². The largest absolute Gasteiger partial charge is 0.496 e. The van der Waals surface area contributed by atoms with Gasteiger partial charge in [-0.3, -0.25) is 4.99 Å². The number of rotatable bonds is 6. The molecule has 0 aliphatic heterocycles. The Morgan fingerprint density at radius 2 is 1.81 bits per heavy atom. The average molecular weight is 373 g/mol. The van der Waals surface area contributed by atoms with Gasteiger partial charge in [-0.25, -0.2) is 9.18 Å². The molecule has 0 heterocycles. The molecule has 0 spiro atoms. The van der Waals surface area contributed by atoms with Crippen LogP contribution in [0.15, 0.2) is 47.5 Å². The lowest BCUT2D eigenvalue weighted by Gasteiger charge is -2.22. The minimum Gasteiger partial charge on any atom is -0.496 e. The summed E-state index contributed by atoms with van der Waals surface area (Å²) in [6, 6.07) is 11.7. The molecule has 27 heavy (non-hydrogen) atoms. The number of guanidine groups is 1. The van der Waals surface area contributed by atoms with Crippen LogP contribution in [-0.4, -0.2) is 45.1 Å². The summed E-state index contributed by atoms with van der Waals surface area (Å²) in [5.41, 5.74) is 2.22. The monoisotopic (exact) mass is 373 g/mol. The Morgan fingerprint density at radius 3 is 2.41 bits per heavy atom. The number of methoxy groups -OCH3 is 2. The summed E-state index contributed by atoms with van der Waals surface area (Å²) in [6.45, 7) is 1.05. The van der Waals surface area contributed by atoms with Crippen LogP contribution >= 0.6 is 0 Å². The van der Waals surface area contributed by atoms with E-state index in [2.05, 4.69) is 10.3 Å². The molecule has 2 aromatic rings. The van der Waals surface area contributed by atoms with Crippen molar-refractivity contribution < 1.29 is 18.7 Å². The number of esters is 1. The van der Waals surface area contributed by atoms with E-state index >= 15 is 0 Å². The second kappa shape index (κ2) is 9.56. The molecule has 0 aromatic heterocycles. The highest BCUT2D eigenvalue weighted by Crippen LogP contribution is 2.20. The second-order valence-corrected chi connectivity index (χ2v) is 5.91. The van der Waals surface area contributed by atoms with Crippen LogP contribution < -0.4 is 10.1 Å². The molecule has 6 nitrogen and oxygen atoms in total. The van der Waals surface area contributed by atoms with Gasteiger partial charge in [0.15, 0.2) is 5.96 Å². The summed E-state index contributed by atoms with van der Waals surface area (Å²) in [7, 11) is 6.43. The second-order valence-electron chi connectivity index (χ2n) is 5.91. The predicted octanol–water partition coefficient (Wildman–Crippen LogP) is 2.83. The number of aliphatic imine (C=N–C) groups is 1. The molecule has 0 bridgehead atoms. The number of hydrogen-bond donors (Lipinski definition) is 1. The third-order valence-electron chi connectivity index (χ3n) is 4.03. The SMILES string of the molecule is CN=C(NCc1ccc(OC)c(C(=O)OC)c1)N(C)Cc1ccc(F)cc1. The molecule has 144 valence electrons. The van der Waals surface area contributed by atoms with Crippen LogP contribution in [0, 0.1) is 5.82 Å². The van der Waals surface area contributed by atoms with Gasteiger partial charge >= 0.3 is 5.97 Å². The van der Waals surface area contributed by atoms with E-state index in [1.165, 1.54) is 26.4 Å². The van der Waals surface area contributed by atoms with Gasteiger partial charge < -0.3 is 19.7 Å². The summed E-state index contributed by atoms with van der Waals surface area (Å²) in [5, 5.41) is 3.25. The highest BCUT2D eigenvalue weighted by Gasteiger charge is 2.14. The molecule has 0 aliphatic rings. The van der Waals surface area contributed by atoms with Gasteiger partial charge in [0.1, 0.15) is 17.1 Å². The Labute approximate surface area is 158 Å². The fraction of sp³-hybridized carbons (Fsp3) is 0.300. The topological polar surface area (TPSA) is 63.2 Å². The van der Waals surface area contributed by atoms with E-state index in [0.717, 1.165) is 11.1 Å². The van der Waals surface area contributed by atoms with Crippen molar-refractivity contribution in [1.82, 2.24) is 10.2 Å². The lowest BCUT2D eigenvalue weighted by molar-refractivity contribution is 0.0597. The summed E-state index contributed by atoms with van der Waals surface area (Å²) in [6.07, 6.45) is 0. The van der Waals surface area contributed by atoms with Gasteiger partial charge in [0.2, 0.25) is 0 Å². The number of carbonyl (C=O) groups is 1. The van der Waals surface area contributed by atoms with Crippen LogP contribution in [0.1, 0.15) is 21.5 Å². The van der Waals surface area contributed by atoms with Gasteiger partial charge in [-0.1, -0.05) is 18.2 Å². The maximum atomic E-state index is 13.0. The summed E-state index contributed by atoms with van der Waals surface area (Å²) in [4.78, 5) is 18.1. The number of ether oxygens (including phenoxy) is 2. The average Bonchev–Trinajstić information content (AvgIpc) is 2.69. The van der Waals surface area contributed by atoms with Crippen LogP contribution in [0.25, 0.3) is 0 Å². The Morgan fingerprint density at radius 1 is 1.15 bits per heavy atom. The van der Waals surface area contributed by atoms with E-state index < -0.39 is 5.97 Å². The van der Waals surface area contributed by atoms with Gasteiger partial charge in [-0.2, -0.15) is 0 Å². The normalized spacial score (nSPS) is 11.1. The maximum Gasteiger partial charge on any atom is 0.341 e. The molecule has 0 unspecified atom stereocenters. The molecule has 0 fully saturated rings. The number of hydrogen-bond acceptors (Lipinski definition) is 4. The van der Waals surface area contributed by atoms with E-state index in [1.807, 2.05) is 18.0 Å². The Kier molecular flexibility index (Phi) is 7.16. The first-order valence-corrected chi connectivity index (χ1v) is 8.40. The number of halogens is 1. The Hall–Kier alpha value is -3.09. The lowest BCUT2D eigenvalue weighted by atomic mass is 10.1. The molecule has 2 aromatic carbocycles. The van der Waals surface area contributed by atoms with Crippen LogP contribution in [0.2, 0.25) is 0 Å². The third kappa shape index (κ3) is 5.44. The van der Waals surface area contributed by atoms with E-state index in [1.54, 1.807) is 31.3 Å². The molecule has 0 saturated carbocycles. The smallest absolute Gasteiger partial charge is 0.341 e. The minimum atomic E-state index is -0.452. The highest BCUT2D eigenvalue weighted by atomic mass is 19.1. The first-order chi connectivity index (χ1) is 13.0. The van der Waals surface area contributed by atoms with E-state index in [4.69, 9.17) is 9.47 Å². The fourth-order valence-corrected chi connectivity index (χ4v) is 2.64. The van der Waals surface area contributed by atoms with Gasteiger partial charge in [-0.15, -0.1) is 0 Å². The van der Waals surface area contributed by atoms with Crippen molar-refractivity contribution in [1.29, 1.82) is 0 Å². The molecule has 0 aliphatic carbocycles. The lowest BCUT2D eigenvalue weighted by Crippen LogP contribution is -2.38. The summed E-state index contributed by atoms with van der Waals surface area (Å²) in [5.74, 6) is 0.425.